The van der Waals surface area contributed by atoms with Crippen molar-refractivity contribution in [2.75, 3.05) is 0 Å². The van der Waals surface area contributed by atoms with Gasteiger partial charge in [0.25, 0.3) is 5.91 Å². The third-order valence-corrected chi connectivity index (χ3v) is 1.74. The molecule has 0 N–H and O–H groups in total. The fraction of sp³-hybridized carbons (Fsp3) is 0.111. The van der Waals surface area contributed by atoms with Gasteiger partial charge in [0.15, 0.2) is 0 Å². The molecule has 11 heavy (non-hydrogen) atoms. The van der Waals surface area contributed by atoms with E-state index in [1.807, 2.05) is 24.3 Å². The zero-order valence-corrected chi connectivity index (χ0v) is 5.95. The van der Waals surface area contributed by atoms with E-state index < -0.39 is 0 Å². The Morgan fingerprint density at radius 3 is 3.18 bits per heavy atom. The van der Waals surface area contributed by atoms with Crippen LogP contribution in [-0.4, -0.2) is 12.1 Å². The predicted molar refractivity (Wildman–Crippen MR) is 43.4 cm³/mol. The molecule has 2 nitrogen and oxygen atoms in total. The summed E-state index contributed by atoms with van der Waals surface area (Å²) in [6, 6.07) is 0. The molecule has 0 aromatic rings. The van der Waals surface area contributed by atoms with Crippen molar-refractivity contribution in [2.45, 2.75) is 6.42 Å². The number of rotatable bonds is 0. The van der Waals surface area contributed by atoms with Crippen LogP contribution in [0.3, 0.4) is 0 Å². The van der Waals surface area contributed by atoms with Crippen molar-refractivity contribution < 1.29 is 4.79 Å². The third-order valence-electron chi connectivity index (χ3n) is 1.74. The van der Waals surface area contributed by atoms with Crippen molar-refractivity contribution in [2.24, 2.45) is 4.99 Å². The van der Waals surface area contributed by atoms with E-state index >= 15 is 0 Å². The third kappa shape index (κ3) is 0.963. The van der Waals surface area contributed by atoms with Crippen LogP contribution in [0.4, 0.5) is 0 Å². The molecule has 2 heteroatoms. The van der Waals surface area contributed by atoms with E-state index in [0.717, 1.165) is 17.6 Å². The molecular formula is C9H7NO. The highest BCUT2D eigenvalue weighted by Gasteiger charge is 2.14. The molecule has 1 aliphatic heterocycles. The fourth-order valence-corrected chi connectivity index (χ4v) is 1.20. The maximum atomic E-state index is 11.1. The first kappa shape index (κ1) is 6.28. The lowest BCUT2D eigenvalue weighted by Gasteiger charge is -2.10. The summed E-state index contributed by atoms with van der Waals surface area (Å²) < 4.78 is 0. The van der Waals surface area contributed by atoms with Gasteiger partial charge in [-0.1, -0.05) is 18.2 Å². The molecule has 0 aromatic carbocycles. The van der Waals surface area contributed by atoms with Crippen LogP contribution in [0.2, 0.25) is 0 Å². The lowest BCUT2D eigenvalue weighted by molar-refractivity contribution is -0.114. The van der Waals surface area contributed by atoms with E-state index in [-0.39, 0.29) is 5.91 Å². The summed E-state index contributed by atoms with van der Waals surface area (Å²) in [5, 5.41) is 0. The zero-order chi connectivity index (χ0) is 7.68. The van der Waals surface area contributed by atoms with Crippen LogP contribution in [0.25, 0.3) is 0 Å². The maximum Gasteiger partial charge on any atom is 0.277 e. The van der Waals surface area contributed by atoms with E-state index in [1.165, 1.54) is 0 Å². The van der Waals surface area contributed by atoms with Gasteiger partial charge in [-0.05, 0) is 18.1 Å². The van der Waals surface area contributed by atoms with Crippen molar-refractivity contribution in [1.82, 2.24) is 0 Å². The summed E-state index contributed by atoms with van der Waals surface area (Å²) in [6.45, 7) is 0. The standard InChI is InChI=1S/C9H7NO/c11-9-8-4-2-1-3-7(8)5-6-10-9/h1,3-6H,2H2. The normalized spacial score (nSPS) is 20.9. The summed E-state index contributed by atoms with van der Waals surface area (Å²) in [6.07, 6.45) is 10.1. The van der Waals surface area contributed by atoms with E-state index in [2.05, 4.69) is 4.99 Å². The molecule has 54 valence electrons. The van der Waals surface area contributed by atoms with Crippen LogP contribution in [0.1, 0.15) is 6.42 Å². The lowest BCUT2D eigenvalue weighted by atomic mass is 9.97. The van der Waals surface area contributed by atoms with E-state index in [0.29, 0.717) is 0 Å². The number of carbonyl (C=O) groups is 1. The number of hydrogen-bond acceptors (Lipinski definition) is 1. The Morgan fingerprint density at radius 1 is 1.45 bits per heavy atom. The number of carbonyl (C=O) groups excluding carboxylic acids is 1. The number of nitrogens with zero attached hydrogens (tertiary/aromatic N) is 1. The van der Waals surface area contributed by atoms with Gasteiger partial charge in [0.2, 0.25) is 0 Å². The van der Waals surface area contributed by atoms with Gasteiger partial charge in [0, 0.05) is 11.8 Å². The largest absolute Gasteiger partial charge is 0.277 e. The Kier molecular flexibility index (Phi) is 1.32. The minimum atomic E-state index is -0.119. The first-order valence-electron chi connectivity index (χ1n) is 3.54. The smallest absolute Gasteiger partial charge is 0.267 e. The molecule has 0 atom stereocenters. The Balaban J connectivity index is 2.48. The number of fused-ring (bicyclic) bond motifs is 1. The van der Waals surface area contributed by atoms with Crippen LogP contribution in [0.15, 0.2) is 40.4 Å². The topological polar surface area (TPSA) is 29.4 Å². The molecule has 0 radical (unpaired) electrons. The van der Waals surface area contributed by atoms with Crippen molar-refractivity contribution in [3.63, 3.8) is 0 Å². The monoisotopic (exact) mass is 145 g/mol. The molecule has 2 aliphatic rings. The van der Waals surface area contributed by atoms with Gasteiger partial charge < -0.3 is 0 Å². The summed E-state index contributed by atoms with van der Waals surface area (Å²) in [7, 11) is 0. The molecule has 0 bridgehead atoms. The molecule has 1 aliphatic carbocycles. The average Bonchev–Trinajstić information content (AvgIpc) is 2.06. The molecule has 1 heterocycles. The highest BCUT2D eigenvalue weighted by atomic mass is 16.1. The second-order valence-electron chi connectivity index (χ2n) is 2.46. The first-order valence-corrected chi connectivity index (χ1v) is 3.54. The van der Waals surface area contributed by atoms with Crippen LogP contribution in [0, 0.1) is 0 Å². The number of allylic oxidation sites excluding steroid dienone is 4. The van der Waals surface area contributed by atoms with E-state index in [4.69, 9.17) is 0 Å². The van der Waals surface area contributed by atoms with Crippen LogP contribution in [-0.2, 0) is 4.79 Å². The Morgan fingerprint density at radius 2 is 2.36 bits per heavy atom. The van der Waals surface area contributed by atoms with Crippen molar-refractivity contribution in [3.05, 3.63) is 35.5 Å². The zero-order valence-electron chi connectivity index (χ0n) is 5.95. The Bertz CT molecular complexity index is 318. The van der Waals surface area contributed by atoms with Crippen molar-refractivity contribution >= 4 is 12.1 Å². The minimum Gasteiger partial charge on any atom is -0.267 e. The molecular weight excluding hydrogens is 138 g/mol. The second-order valence-corrected chi connectivity index (χ2v) is 2.46. The first-order chi connectivity index (χ1) is 5.38. The second kappa shape index (κ2) is 2.31. The van der Waals surface area contributed by atoms with Crippen molar-refractivity contribution in [3.8, 4) is 0 Å². The molecule has 0 fully saturated rings. The average molecular weight is 145 g/mol. The van der Waals surface area contributed by atoms with Gasteiger partial charge in [-0.15, -0.1) is 0 Å². The molecule has 2 rings (SSSR count). The van der Waals surface area contributed by atoms with Gasteiger partial charge in [-0.3, -0.25) is 4.79 Å². The quantitative estimate of drug-likeness (QED) is 0.506. The number of dihydropyridines is 1. The van der Waals surface area contributed by atoms with Gasteiger partial charge >= 0.3 is 0 Å². The highest BCUT2D eigenvalue weighted by molar-refractivity contribution is 6.08. The molecule has 0 spiro atoms. The molecule has 0 aromatic heterocycles. The molecule has 1 amide bonds. The number of aliphatic imine (C=N–C) groups is 1. The molecule has 0 saturated carbocycles. The number of amides is 1. The van der Waals surface area contributed by atoms with Crippen LogP contribution < -0.4 is 0 Å². The predicted octanol–water partition coefficient (Wildman–Crippen LogP) is 1.41. The Hall–Kier alpha value is -1.44. The summed E-state index contributed by atoms with van der Waals surface area (Å²) in [5.41, 5.74) is 1.73. The van der Waals surface area contributed by atoms with E-state index in [1.54, 1.807) is 6.21 Å². The Labute approximate surface area is 64.6 Å². The van der Waals surface area contributed by atoms with E-state index in [9.17, 15) is 4.79 Å². The maximum absolute atomic E-state index is 11.1. The van der Waals surface area contributed by atoms with Crippen LogP contribution in [0.5, 0.6) is 0 Å². The minimum absolute atomic E-state index is 0.119. The van der Waals surface area contributed by atoms with Crippen molar-refractivity contribution in [1.29, 1.82) is 0 Å². The van der Waals surface area contributed by atoms with Gasteiger partial charge in [0.05, 0.1) is 0 Å². The summed E-state index contributed by atoms with van der Waals surface area (Å²) >= 11 is 0. The van der Waals surface area contributed by atoms with Gasteiger partial charge in [-0.2, -0.15) is 0 Å². The van der Waals surface area contributed by atoms with Crippen LogP contribution >= 0.6 is 0 Å². The fourth-order valence-electron chi connectivity index (χ4n) is 1.20. The number of hydrogen-bond donors (Lipinski definition) is 0. The van der Waals surface area contributed by atoms with Gasteiger partial charge in [0.1, 0.15) is 0 Å². The molecule has 0 unspecified atom stereocenters. The molecule has 0 saturated heterocycles. The SMILES string of the molecule is O=C1N=CC=C2C=CCC=C12. The lowest BCUT2D eigenvalue weighted by Crippen LogP contribution is -2.07. The summed E-state index contributed by atoms with van der Waals surface area (Å²) in [4.78, 5) is 14.8. The highest BCUT2D eigenvalue weighted by Crippen LogP contribution is 2.20. The van der Waals surface area contributed by atoms with Gasteiger partial charge in [-0.25, -0.2) is 4.99 Å². The summed E-state index contributed by atoms with van der Waals surface area (Å²) in [5.74, 6) is -0.119.